The SMILES string of the molecule is C=CCCCOC1OC(COC2OC(COC3OC(CO[C@H]4OC(COP)[C@H](OP)[C@H](OP)C4C)C(OP)C3C)C(OP)C2C)C(OC2OC(COC3OC(COC4OC(COP)C(P=O)C(OP)C4C)C(OP)C3C)C(OP)C2C)C1C. The third-order valence-electron chi connectivity index (χ3n) is 17.0. The van der Waals surface area contributed by atoms with Crippen LogP contribution in [0.25, 0.3) is 0 Å². The Morgan fingerprint density at radius 3 is 1.01 bits per heavy atom. The number of allylic oxidation sites excluding steroid dienone is 1. The van der Waals surface area contributed by atoms with Crippen molar-refractivity contribution < 1.29 is 112 Å². The van der Waals surface area contributed by atoms with Gasteiger partial charge >= 0.3 is 0 Å². The molecule has 83 heavy (non-hydrogen) atoms. The normalized spacial score (nSPS) is 45.7. The maximum atomic E-state index is 12.1. The minimum Gasteiger partial charge on any atom is -0.363 e. The molecule has 0 N–H and O–H groups in total. The number of hydrogen-bond donors (Lipinski definition) is 0. The van der Waals surface area contributed by atoms with Gasteiger partial charge in [0, 0.05) is 127 Å². The summed E-state index contributed by atoms with van der Waals surface area (Å²) in [5.74, 6) is -1.50. The van der Waals surface area contributed by atoms with Crippen LogP contribution in [0.4, 0.5) is 0 Å². The van der Waals surface area contributed by atoms with Crippen LogP contribution < -0.4 is 0 Å². The fraction of sp³-hybridized carbons (Fsp3) is 0.959. The van der Waals surface area contributed by atoms with Crippen LogP contribution in [0.3, 0.4) is 0 Å². The Morgan fingerprint density at radius 2 is 0.651 bits per heavy atom. The molecule has 0 spiro atoms. The Bertz CT molecular complexity index is 1920. The smallest absolute Gasteiger partial charge is 0.164 e. The molecule has 7 heterocycles. The first-order valence-corrected chi connectivity index (χ1v) is 33.2. The highest BCUT2D eigenvalue weighted by molar-refractivity contribution is 7.25. The Kier molecular flexibility index (Phi) is 32.2. The van der Waals surface area contributed by atoms with Gasteiger partial charge < -0.3 is 107 Å². The molecule has 7 fully saturated rings. The summed E-state index contributed by atoms with van der Waals surface area (Å²) in [7, 11) is 20.6. The molecule has 36 unspecified atom stereocenters. The largest absolute Gasteiger partial charge is 0.363 e. The minimum atomic E-state index is -0.714. The Balaban J connectivity index is 0.931. The Labute approximate surface area is 512 Å². The second-order valence-electron chi connectivity index (χ2n) is 22.4. The number of ether oxygens (including phenoxy) is 14. The zero-order valence-electron chi connectivity index (χ0n) is 48.1. The van der Waals surface area contributed by atoms with Gasteiger partial charge in [-0.2, -0.15) is 0 Å². The van der Waals surface area contributed by atoms with Gasteiger partial charge in [-0.15, -0.1) is 6.58 Å². The summed E-state index contributed by atoms with van der Waals surface area (Å²) < 4.78 is 154. The van der Waals surface area contributed by atoms with Crippen molar-refractivity contribution in [2.75, 3.05) is 52.9 Å². The molecule has 7 saturated heterocycles. The monoisotopic (exact) mass is 1370 g/mol. The van der Waals surface area contributed by atoms with Crippen LogP contribution in [-0.4, -0.2) is 194 Å². The molecule has 7 rings (SSSR count). The predicted octanol–water partition coefficient (Wildman–Crippen LogP) is 6.47. The fourth-order valence-electron chi connectivity index (χ4n) is 12.2. The summed E-state index contributed by atoms with van der Waals surface area (Å²) in [5, 5.41) is 0. The second kappa shape index (κ2) is 36.5. The van der Waals surface area contributed by atoms with Gasteiger partial charge in [-0.05, 0) is 12.8 Å². The van der Waals surface area contributed by atoms with Gasteiger partial charge in [0.1, 0.15) is 48.8 Å². The summed E-state index contributed by atoms with van der Waals surface area (Å²) >= 11 is 0. The van der Waals surface area contributed by atoms with Crippen molar-refractivity contribution in [1.29, 1.82) is 0 Å². The molecule has 0 aromatic rings. The molecule has 24 nitrogen and oxygen atoms in total. The van der Waals surface area contributed by atoms with Crippen LogP contribution >= 0.6 is 93.7 Å². The van der Waals surface area contributed by atoms with E-state index >= 15 is 0 Å². The third-order valence-corrected chi connectivity index (χ3v) is 20.5. The summed E-state index contributed by atoms with van der Waals surface area (Å²) in [5.41, 5.74) is -0.443. The first-order valence-electron chi connectivity index (χ1n) is 28.1. The van der Waals surface area contributed by atoms with Gasteiger partial charge in [-0.25, -0.2) is 0 Å². The standard InChI is InChI=1S/C49H92O24P10/c1-9-10-11-12-51-43-20(2)34(66-49-24(6)38(70-79)31(64-49)17-54-46-23(5)37(69-78)30(62-46)16-56-48-26(8)40(72-81)42(83-50)33(65-48)19-58-75)27(59-43)13-52-44-21(3)35(67-76)28(60-44)14-53-45-22(4)36(68-77)29(61-45)15-55-47-25(7)39(71-80)41(73-82)32(63-47)18-57-74/h9,20-49H,1,10-19,74-82H2,2-8H3/t20?,21?,22?,23?,24?,25?,26?,27?,28?,29?,30?,31?,32?,33?,34?,35?,36?,37?,38?,39-,40?,41+,42?,43?,44?,45?,46?,47+,48?,49?/m1/s1. The van der Waals surface area contributed by atoms with Gasteiger partial charge in [-0.3, -0.25) is 4.57 Å². The summed E-state index contributed by atoms with van der Waals surface area (Å²) in [4.78, 5) is 0. The number of rotatable bonds is 34. The van der Waals surface area contributed by atoms with Crippen molar-refractivity contribution in [3.8, 4) is 0 Å². The zero-order valence-corrected chi connectivity index (χ0v) is 59.4. The highest BCUT2D eigenvalue weighted by Crippen LogP contribution is 2.43. The third kappa shape index (κ3) is 18.0. The van der Waals surface area contributed by atoms with Gasteiger partial charge in [0.25, 0.3) is 0 Å². The van der Waals surface area contributed by atoms with Crippen LogP contribution in [0.2, 0.25) is 0 Å². The molecule has 482 valence electrons. The van der Waals surface area contributed by atoms with Crippen LogP contribution in [0.15, 0.2) is 12.7 Å². The zero-order chi connectivity index (χ0) is 60.1. The van der Waals surface area contributed by atoms with Gasteiger partial charge in [0.05, 0.1) is 101 Å². The molecular weight excluding hydrogens is 1280 g/mol. The van der Waals surface area contributed by atoms with Crippen LogP contribution in [0.5, 0.6) is 0 Å². The molecule has 0 aliphatic carbocycles. The molecule has 7 aliphatic rings. The van der Waals surface area contributed by atoms with Crippen molar-refractivity contribution >= 4 is 93.7 Å². The lowest BCUT2D eigenvalue weighted by Gasteiger charge is -2.44. The highest BCUT2D eigenvalue weighted by atomic mass is 31.1. The molecule has 34 heteroatoms. The van der Waals surface area contributed by atoms with Crippen molar-refractivity contribution in [3.05, 3.63) is 12.7 Å². The van der Waals surface area contributed by atoms with E-state index < -0.39 is 129 Å². The number of unbranched alkanes of at least 4 members (excludes halogenated alkanes) is 1. The van der Waals surface area contributed by atoms with E-state index in [-0.39, 0.29) is 108 Å². The topological polar surface area (TPSA) is 229 Å². The molecule has 0 bridgehead atoms. The quantitative estimate of drug-likeness (QED) is 0.0382. The summed E-state index contributed by atoms with van der Waals surface area (Å²) in [6.45, 7) is 19.4. The minimum absolute atomic E-state index is 0.109. The van der Waals surface area contributed by atoms with Crippen LogP contribution in [0, 0.1) is 41.4 Å². The fourth-order valence-corrected chi connectivity index (χ4v) is 16.3. The van der Waals surface area contributed by atoms with Crippen molar-refractivity contribution in [3.63, 3.8) is 0 Å². The molecular formula is C49H92O24P10. The maximum absolute atomic E-state index is 12.1. The molecule has 39 atom stereocenters. The van der Waals surface area contributed by atoms with E-state index in [1.165, 1.54) is 0 Å². The molecule has 7 aliphatic heterocycles. The number of hydrogen-bond acceptors (Lipinski definition) is 24. The average Bonchev–Trinajstić information content (AvgIpc) is 4.46. The predicted molar refractivity (Wildman–Crippen MR) is 330 cm³/mol. The molecule has 0 aromatic carbocycles. The van der Waals surface area contributed by atoms with Gasteiger partial charge in [0.2, 0.25) is 0 Å². The second-order valence-corrected chi connectivity index (χ2v) is 25.7. The first-order chi connectivity index (χ1) is 40.1. The molecule has 0 saturated carbocycles. The van der Waals surface area contributed by atoms with Crippen LogP contribution in [0.1, 0.15) is 61.3 Å². The van der Waals surface area contributed by atoms with E-state index in [0.29, 0.717) is 6.61 Å². The van der Waals surface area contributed by atoms with E-state index in [0.717, 1.165) is 12.8 Å². The van der Waals surface area contributed by atoms with Crippen molar-refractivity contribution in [2.45, 2.75) is 203 Å². The average molecular weight is 1370 g/mol. The van der Waals surface area contributed by atoms with Gasteiger partial charge in [-0.1, -0.05) is 54.5 Å². The van der Waals surface area contributed by atoms with Crippen molar-refractivity contribution in [1.82, 2.24) is 0 Å². The molecule has 0 aromatic heterocycles. The lowest BCUT2D eigenvalue weighted by atomic mass is 9.92. The molecule has 0 radical (unpaired) electrons. The lowest BCUT2D eigenvalue weighted by Crippen LogP contribution is -2.56. The van der Waals surface area contributed by atoms with Gasteiger partial charge in [0.15, 0.2) is 52.5 Å². The lowest BCUT2D eigenvalue weighted by molar-refractivity contribution is -0.278. The van der Waals surface area contributed by atoms with E-state index in [2.05, 4.69) is 91.8 Å². The Morgan fingerprint density at radius 1 is 0.361 bits per heavy atom. The highest BCUT2D eigenvalue weighted by Gasteiger charge is 2.54. The van der Waals surface area contributed by atoms with E-state index in [1.807, 2.05) is 54.5 Å². The summed E-state index contributed by atoms with van der Waals surface area (Å²) in [6.07, 6.45) is -8.07. The maximum Gasteiger partial charge on any atom is 0.164 e. The van der Waals surface area contributed by atoms with Crippen molar-refractivity contribution in [2.24, 2.45) is 41.4 Å². The van der Waals surface area contributed by atoms with E-state index in [9.17, 15) is 4.57 Å². The van der Waals surface area contributed by atoms with E-state index in [1.54, 1.807) is 0 Å². The van der Waals surface area contributed by atoms with E-state index in [4.69, 9.17) is 107 Å². The van der Waals surface area contributed by atoms with Crippen LogP contribution in [-0.2, 0) is 112 Å². The summed E-state index contributed by atoms with van der Waals surface area (Å²) in [6, 6.07) is 0. The molecule has 0 amide bonds. The first kappa shape index (κ1) is 73.2. The Hall–Kier alpha value is 2.79.